The van der Waals surface area contributed by atoms with Gasteiger partial charge in [0.1, 0.15) is 0 Å². The average molecular weight is 308 g/mol. The van der Waals surface area contributed by atoms with Crippen molar-refractivity contribution in [2.24, 2.45) is 7.05 Å². The Hall–Kier alpha value is -1.86. The lowest BCUT2D eigenvalue weighted by Gasteiger charge is -2.12. The molecule has 0 aliphatic rings. The molecule has 0 unspecified atom stereocenters. The van der Waals surface area contributed by atoms with Gasteiger partial charge in [-0.3, -0.25) is 4.68 Å². The van der Waals surface area contributed by atoms with Crippen molar-refractivity contribution in [1.82, 2.24) is 14.5 Å². The number of anilines is 1. The molecular weight excluding hydrogens is 288 g/mol. The van der Waals surface area contributed by atoms with E-state index in [2.05, 4.69) is 9.82 Å². The van der Waals surface area contributed by atoms with Crippen LogP contribution in [0.1, 0.15) is 22.4 Å². The summed E-state index contributed by atoms with van der Waals surface area (Å²) in [4.78, 5) is 0.224. The van der Waals surface area contributed by atoms with Crippen LogP contribution in [-0.2, 0) is 23.6 Å². The third-order valence-corrected chi connectivity index (χ3v) is 4.93. The van der Waals surface area contributed by atoms with Crippen LogP contribution < -0.4 is 10.5 Å². The molecule has 114 valence electrons. The maximum Gasteiger partial charge on any atom is 0.241 e. The van der Waals surface area contributed by atoms with Gasteiger partial charge in [0, 0.05) is 31.0 Å². The van der Waals surface area contributed by atoms with E-state index >= 15 is 0 Å². The van der Waals surface area contributed by atoms with Gasteiger partial charge in [-0.2, -0.15) is 5.10 Å². The molecule has 1 heterocycles. The van der Waals surface area contributed by atoms with Crippen molar-refractivity contribution in [2.45, 2.75) is 32.2 Å². The molecule has 3 N–H and O–H groups in total. The third kappa shape index (κ3) is 3.25. The van der Waals surface area contributed by atoms with Crippen molar-refractivity contribution in [1.29, 1.82) is 0 Å². The number of aryl methyl sites for hydroxylation is 3. The smallest absolute Gasteiger partial charge is 0.241 e. The van der Waals surface area contributed by atoms with E-state index in [1.807, 2.05) is 13.8 Å². The summed E-state index contributed by atoms with van der Waals surface area (Å²) >= 11 is 0. The zero-order valence-electron chi connectivity index (χ0n) is 12.6. The molecule has 0 amide bonds. The Balaban J connectivity index is 2.29. The molecule has 0 aliphatic carbocycles. The van der Waals surface area contributed by atoms with Crippen LogP contribution in [0, 0.1) is 20.8 Å². The van der Waals surface area contributed by atoms with Gasteiger partial charge >= 0.3 is 0 Å². The molecule has 0 radical (unpaired) electrons. The zero-order valence-corrected chi connectivity index (χ0v) is 13.5. The summed E-state index contributed by atoms with van der Waals surface area (Å²) in [6, 6.07) is 3.39. The summed E-state index contributed by atoms with van der Waals surface area (Å²) in [6.07, 6.45) is 1.80. The summed E-state index contributed by atoms with van der Waals surface area (Å²) in [5, 5.41) is 4.19. The first kappa shape index (κ1) is 15.5. The number of benzene rings is 1. The van der Waals surface area contributed by atoms with Crippen molar-refractivity contribution in [3.63, 3.8) is 0 Å². The molecular formula is C14H20N4O2S. The highest BCUT2D eigenvalue weighted by molar-refractivity contribution is 7.89. The van der Waals surface area contributed by atoms with E-state index in [1.165, 1.54) is 0 Å². The number of nitrogens with zero attached hydrogens (tertiary/aromatic N) is 2. The van der Waals surface area contributed by atoms with Crippen LogP contribution in [-0.4, -0.2) is 18.2 Å². The minimum Gasteiger partial charge on any atom is -0.398 e. The molecule has 0 saturated carbocycles. The molecule has 2 aromatic rings. The van der Waals surface area contributed by atoms with E-state index in [4.69, 9.17) is 5.73 Å². The predicted molar refractivity (Wildman–Crippen MR) is 82.3 cm³/mol. The topological polar surface area (TPSA) is 90.0 Å². The van der Waals surface area contributed by atoms with Gasteiger partial charge in [-0.15, -0.1) is 0 Å². The summed E-state index contributed by atoms with van der Waals surface area (Å²) in [5.41, 5.74) is 9.36. The van der Waals surface area contributed by atoms with Gasteiger partial charge in [0.25, 0.3) is 0 Å². The monoisotopic (exact) mass is 308 g/mol. The summed E-state index contributed by atoms with van der Waals surface area (Å²) in [5.74, 6) is 0. The van der Waals surface area contributed by atoms with E-state index in [-0.39, 0.29) is 11.4 Å². The standard InChI is InChI=1S/C14H20N4O2S/c1-9-5-13(15)10(2)14(6-9)21(19,20)16-7-12-8-18(4)17-11(12)3/h5-6,8,16H,7,15H2,1-4H3. The van der Waals surface area contributed by atoms with E-state index in [1.54, 1.807) is 37.0 Å². The zero-order chi connectivity index (χ0) is 15.8. The first-order valence-corrected chi connectivity index (χ1v) is 8.04. The fraction of sp³-hybridized carbons (Fsp3) is 0.357. The maximum atomic E-state index is 12.5. The molecule has 2 rings (SSSR count). The Labute approximate surface area is 125 Å². The minimum absolute atomic E-state index is 0.204. The Morgan fingerprint density at radius 2 is 1.95 bits per heavy atom. The van der Waals surface area contributed by atoms with Crippen LogP contribution in [0.25, 0.3) is 0 Å². The second-order valence-electron chi connectivity index (χ2n) is 5.22. The Morgan fingerprint density at radius 1 is 1.29 bits per heavy atom. The molecule has 1 aromatic carbocycles. The van der Waals surface area contributed by atoms with Crippen molar-refractivity contribution in [2.75, 3.05) is 5.73 Å². The largest absolute Gasteiger partial charge is 0.398 e. The van der Waals surface area contributed by atoms with Crippen LogP contribution in [0.3, 0.4) is 0 Å². The van der Waals surface area contributed by atoms with Crippen LogP contribution in [0.2, 0.25) is 0 Å². The lowest BCUT2D eigenvalue weighted by atomic mass is 10.1. The van der Waals surface area contributed by atoms with E-state index in [9.17, 15) is 8.42 Å². The molecule has 0 bridgehead atoms. The number of aromatic nitrogens is 2. The van der Waals surface area contributed by atoms with Gasteiger partial charge in [-0.25, -0.2) is 13.1 Å². The first-order chi connectivity index (χ1) is 9.70. The highest BCUT2D eigenvalue weighted by Crippen LogP contribution is 2.23. The molecule has 6 nitrogen and oxygen atoms in total. The van der Waals surface area contributed by atoms with Crippen LogP contribution in [0.4, 0.5) is 5.69 Å². The number of hydrogen-bond donors (Lipinski definition) is 2. The minimum atomic E-state index is -3.61. The fourth-order valence-corrected chi connectivity index (χ4v) is 3.57. The van der Waals surface area contributed by atoms with Crippen LogP contribution in [0.15, 0.2) is 23.2 Å². The fourth-order valence-electron chi connectivity index (χ4n) is 2.20. The average Bonchev–Trinajstić information content (AvgIpc) is 2.70. The Bertz CT molecular complexity index is 779. The Morgan fingerprint density at radius 3 is 2.52 bits per heavy atom. The lowest BCUT2D eigenvalue weighted by Crippen LogP contribution is -2.24. The van der Waals surface area contributed by atoms with E-state index < -0.39 is 10.0 Å². The quantitative estimate of drug-likeness (QED) is 0.836. The number of nitrogens with two attached hydrogens (primary N) is 1. The van der Waals surface area contributed by atoms with Crippen molar-refractivity contribution in [3.05, 3.63) is 40.7 Å². The second kappa shape index (κ2) is 5.50. The number of rotatable bonds is 4. The SMILES string of the molecule is Cc1cc(N)c(C)c(S(=O)(=O)NCc2cn(C)nc2C)c1. The van der Waals surface area contributed by atoms with E-state index in [0.717, 1.165) is 16.8 Å². The predicted octanol–water partition coefficient (Wildman–Crippen LogP) is 1.41. The number of nitrogen functional groups attached to an aromatic ring is 1. The molecule has 0 saturated heterocycles. The normalized spacial score (nSPS) is 11.8. The molecule has 0 spiro atoms. The maximum absolute atomic E-state index is 12.5. The Kier molecular flexibility index (Phi) is 4.06. The van der Waals surface area contributed by atoms with Crippen LogP contribution in [0.5, 0.6) is 0 Å². The number of hydrogen-bond acceptors (Lipinski definition) is 4. The third-order valence-electron chi connectivity index (χ3n) is 3.40. The van der Waals surface area contributed by atoms with Gasteiger partial charge in [0.05, 0.1) is 10.6 Å². The molecule has 0 aliphatic heterocycles. The van der Waals surface area contributed by atoms with Crippen LogP contribution >= 0.6 is 0 Å². The number of nitrogens with one attached hydrogen (secondary N) is 1. The first-order valence-electron chi connectivity index (χ1n) is 6.56. The van der Waals surface area contributed by atoms with Crippen molar-refractivity contribution in [3.8, 4) is 0 Å². The second-order valence-corrected chi connectivity index (χ2v) is 6.95. The van der Waals surface area contributed by atoms with Gasteiger partial charge in [-0.05, 0) is 44.0 Å². The van der Waals surface area contributed by atoms with Gasteiger partial charge in [0.2, 0.25) is 10.0 Å². The summed E-state index contributed by atoms with van der Waals surface area (Å²) in [7, 11) is -1.81. The highest BCUT2D eigenvalue weighted by Gasteiger charge is 2.19. The van der Waals surface area contributed by atoms with Gasteiger partial charge < -0.3 is 5.73 Å². The van der Waals surface area contributed by atoms with Gasteiger partial charge in [-0.1, -0.05) is 0 Å². The molecule has 21 heavy (non-hydrogen) atoms. The van der Waals surface area contributed by atoms with Gasteiger partial charge in [0.15, 0.2) is 0 Å². The highest BCUT2D eigenvalue weighted by atomic mass is 32.2. The summed E-state index contributed by atoms with van der Waals surface area (Å²) in [6.45, 7) is 5.58. The molecule has 0 atom stereocenters. The molecule has 7 heteroatoms. The summed E-state index contributed by atoms with van der Waals surface area (Å²) < 4.78 is 29.2. The number of sulfonamides is 1. The van der Waals surface area contributed by atoms with Crippen molar-refractivity contribution < 1.29 is 8.42 Å². The lowest BCUT2D eigenvalue weighted by molar-refractivity contribution is 0.580. The molecule has 1 aromatic heterocycles. The van der Waals surface area contributed by atoms with Crippen molar-refractivity contribution >= 4 is 15.7 Å². The molecule has 0 fully saturated rings. The van der Waals surface area contributed by atoms with E-state index in [0.29, 0.717) is 11.3 Å².